The number of benzene rings is 1. The first-order chi connectivity index (χ1) is 14.5. The summed E-state index contributed by atoms with van der Waals surface area (Å²) in [6.45, 7) is 4.24. The van der Waals surface area contributed by atoms with Crippen LogP contribution in [0, 0.1) is 18.3 Å². The zero-order valence-electron chi connectivity index (χ0n) is 17.1. The first-order valence-electron chi connectivity index (χ1n) is 9.26. The molecule has 9 heteroatoms. The van der Waals surface area contributed by atoms with Crippen LogP contribution in [0.4, 0.5) is 0 Å². The molecule has 1 heterocycles. The molecule has 0 unspecified atom stereocenters. The number of carbonyl (C=O) groups is 1. The van der Waals surface area contributed by atoms with Gasteiger partial charge in [0, 0.05) is 22.7 Å². The Balaban J connectivity index is 2.02. The number of aromatic nitrogens is 1. The van der Waals surface area contributed by atoms with Crippen molar-refractivity contribution >= 4 is 28.1 Å². The number of aryl methyl sites for hydroxylation is 1. The number of amides is 1. The maximum absolute atomic E-state index is 12.1. The van der Waals surface area contributed by atoms with Crippen molar-refractivity contribution in [1.29, 1.82) is 5.26 Å². The number of rotatable bonds is 10. The van der Waals surface area contributed by atoms with E-state index in [-0.39, 0.29) is 24.7 Å². The van der Waals surface area contributed by atoms with Crippen molar-refractivity contribution in [3.05, 3.63) is 51.1 Å². The number of hydrazone groups is 1. The van der Waals surface area contributed by atoms with Crippen LogP contribution < -0.4 is 14.9 Å². The van der Waals surface area contributed by atoms with E-state index in [2.05, 4.69) is 37.5 Å². The van der Waals surface area contributed by atoms with Crippen LogP contribution in [0.15, 0.2) is 33.8 Å². The number of methoxy groups -OCH3 is 1. The van der Waals surface area contributed by atoms with E-state index in [1.165, 1.54) is 13.3 Å². The fraction of sp³-hybridized carbons (Fsp3) is 0.333. The molecule has 0 bridgehead atoms. The minimum Gasteiger partial charge on any atom is -0.493 e. The van der Waals surface area contributed by atoms with E-state index in [0.717, 1.165) is 12.0 Å². The van der Waals surface area contributed by atoms with Crippen molar-refractivity contribution in [1.82, 2.24) is 10.4 Å². The Morgan fingerprint density at radius 2 is 2.13 bits per heavy atom. The predicted octanol–water partition coefficient (Wildman–Crippen LogP) is 3.49. The van der Waals surface area contributed by atoms with E-state index >= 15 is 0 Å². The number of halogens is 1. The highest BCUT2D eigenvalue weighted by Gasteiger charge is 2.18. The molecule has 30 heavy (non-hydrogen) atoms. The Morgan fingerprint density at radius 3 is 2.83 bits per heavy atom. The van der Waals surface area contributed by atoms with Crippen LogP contribution in [0.2, 0.25) is 0 Å². The largest absolute Gasteiger partial charge is 0.493 e. The third kappa shape index (κ3) is 6.27. The summed E-state index contributed by atoms with van der Waals surface area (Å²) in [7, 11) is 1.53. The summed E-state index contributed by atoms with van der Waals surface area (Å²) in [6, 6.07) is 9.45. The fourth-order valence-corrected chi connectivity index (χ4v) is 2.89. The van der Waals surface area contributed by atoms with Crippen LogP contribution >= 0.6 is 15.9 Å². The minimum atomic E-state index is -0.488. The van der Waals surface area contributed by atoms with Crippen molar-refractivity contribution in [2.24, 2.45) is 5.10 Å². The summed E-state index contributed by atoms with van der Waals surface area (Å²) in [5.74, 6) is 0.271. The van der Waals surface area contributed by atoms with Gasteiger partial charge in [0.2, 0.25) is 5.88 Å². The molecular formula is C21H23BrN4O4. The monoisotopic (exact) mass is 474 g/mol. The maximum Gasteiger partial charge on any atom is 0.278 e. The van der Waals surface area contributed by atoms with E-state index in [1.54, 1.807) is 6.92 Å². The van der Waals surface area contributed by atoms with Gasteiger partial charge in [-0.15, -0.1) is 0 Å². The van der Waals surface area contributed by atoms with Crippen LogP contribution in [-0.4, -0.2) is 37.4 Å². The number of hydrogen-bond donors (Lipinski definition) is 1. The Morgan fingerprint density at radius 1 is 1.37 bits per heavy atom. The number of nitrogens with zero attached hydrogens (tertiary/aromatic N) is 3. The van der Waals surface area contributed by atoms with Crippen molar-refractivity contribution < 1.29 is 19.0 Å². The number of nitrogens with one attached hydrogen (secondary N) is 1. The topological polar surface area (TPSA) is 106 Å². The highest BCUT2D eigenvalue weighted by Crippen LogP contribution is 2.29. The number of nitriles is 1. The Kier molecular flexibility index (Phi) is 9.25. The quantitative estimate of drug-likeness (QED) is 0.417. The van der Waals surface area contributed by atoms with E-state index < -0.39 is 5.91 Å². The number of pyridine rings is 1. The van der Waals surface area contributed by atoms with Gasteiger partial charge in [0.1, 0.15) is 17.4 Å². The molecular weight excluding hydrogens is 452 g/mol. The molecule has 1 N–H and O–H groups in total. The van der Waals surface area contributed by atoms with Gasteiger partial charge in [-0.25, -0.2) is 10.4 Å². The summed E-state index contributed by atoms with van der Waals surface area (Å²) in [5, 5.41) is 13.4. The van der Waals surface area contributed by atoms with E-state index in [4.69, 9.17) is 14.2 Å². The van der Waals surface area contributed by atoms with Gasteiger partial charge in [-0.3, -0.25) is 4.79 Å². The molecule has 0 aliphatic rings. The van der Waals surface area contributed by atoms with Crippen LogP contribution in [-0.2, 0) is 16.1 Å². The molecule has 0 aliphatic heterocycles. The van der Waals surface area contributed by atoms with Crippen molar-refractivity contribution in [2.45, 2.75) is 26.9 Å². The predicted molar refractivity (Wildman–Crippen MR) is 116 cm³/mol. The van der Waals surface area contributed by atoms with Gasteiger partial charge in [-0.2, -0.15) is 10.4 Å². The molecule has 158 valence electrons. The van der Waals surface area contributed by atoms with Gasteiger partial charge in [0.15, 0.2) is 6.61 Å². The molecule has 8 nitrogen and oxygen atoms in total. The van der Waals surface area contributed by atoms with Gasteiger partial charge in [0.05, 0.1) is 25.1 Å². The fourth-order valence-electron chi connectivity index (χ4n) is 2.48. The minimum absolute atomic E-state index is 0.0719. The summed E-state index contributed by atoms with van der Waals surface area (Å²) in [6.07, 6.45) is 2.39. The average molecular weight is 475 g/mol. The van der Waals surface area contributed by atoms with E-state index in [9.17, 15) is 10.1 Å². The third-order valence-electron chi connectivity index (χ3n) is 3.88. The summed E-state index contributed by atoms with van der Waals surface area (Å²) in [4.78, 5) is 16.3. The number of carbonyl (C=O) groups excluding carboxylic acids is 1. The lowest BCUT2D eigenvalue weighted by atomic mass is 10.1. The zero-order chi connectivity index (χ0) is 21.9. The number of para-hydroxylation sites is 1. The Labute approximate surface area is 184 Å². The Hall–Kier alpha value is -2.96. The highest BCUT2D eigenvalue weighted by molar-refractivity contribution is 9.10. The molecule has 0 saturated heterocycles. The molecule has 0 aliphatic carbocycles. The summed E-state index contributed by atoms with van der Waals surface area (Å²) >= 11 is 3.41. The smallest absolute Gasteiger partial charge is 0.278 e. The van der Waals surface area contributed by atoms with E-state index in [0.29, 0.717) is 28.1 Å². The lowest BCUT2D eigenvalue weighted by Gasteiger charge is -2.13. The van der Waals surface area contributed by atoms with Gasteiger partial charge >= 0.3 is 0 Å². The first kappa shape index (κ1) is 23.3. The van der Waals surface area contributed by atoms with Gasteiger partial charge in [-0.05, 0) is 41.4 Å². The molecule has 1 aromatic carbocycles. The van der Waals surface area contributed by atoms with Crippen molar-refractivity contribution in [2.75, 3.05) is 20.3 Å². The molecule has 0 radical (unpaired) electrons. The van der Waals surface area contributed by atoms with Crippen LogP contribution in [0.5, 0.6) is 11.6 Å². The molecule has 2 aromatic rings. The molecule has 0 spiro atoms. The second kappa shape index (κ2) is 11.9. The lowest BCUT2D eigenvalue weighted by Crippen LogP contribution is -2.25. The third-order valence-corrected chi connectivity index (χ3v) is 4.93. The summed E-state index contributed by atoms with van der Waals surface area (Å²) < 4.78 is 16.9. The van der Waals surface area contributed by atoms with Crippen molar-refractivity contribution in [3.8, 4) is 17.7 Å². The zero-order valence-corrected chi connectivity index (χ0v) is 18.7. The molecule has 0 fully saturated rings. The van der Waals surface area contributed by atoms with Crippen LogP contribution in [0.3, 0.4) is 0 Å². The molecule has 0 atom stereocenters. The Bertz CT molecular complexity index is 957. The standard InChI is InChI=1S/C21H23BrN4O4/c1-4-9-29-18-8-6-5-7-15(18)11-24-26-19(27)13-30-21-16(10-23)17(12-28-3)20(22)14(2)25-21/h5-8,11H,4,9,12-13H2,1-3H3,(H,26,27)/b24-11-. The lowest BCUT2D eigenvalue weighted by molar-refractivity contribution is -0.123. The molecule has 0 saturated carbocycles. The van der Waals surface area contributed by atoms with Crippen molar-refractivity contribution in [3.63, 3.8) is 0 Å². The number of hydrogen-bond acceptors (Lipinski definition) is 7. The first-order valence-corrected chi connectivity index (χ1v) is 10.1. The van der Waals surface area contributed by atoms with E-state index in [1.807, 2.05) is 31.2 Å². The second-order valence-corrected chi connectivity index (χ2v) is 6.98. The average Bonchev–Trinajstić information content (AvgIpc) is 2.75. The van der Waals surface area contributed by atoms with Crippen LogP contribution in [0.25, 0.3) is 0 Å². The van der Waals surface area contributed by atoms with Gasteiger partial charge in [-0.1, -0.05) is 19.1 Å². The van der Waals surface area contributed by atoms with Crippen LogP contribution in [0.1, 0.15) is 35.7 Å². The highest BCUT2D eigenvalue weighted by atomic mass is 79.9. The number of ether oxygens (including phenoxy) is 3. The molecule has 1 aromatic heterocycles. The SMILES string of the molecule is CCCOc1ccccc1/C=N\NC(=O)COc1nc(C)c(Br)c(COC)c1C#N. The normalized spacial score (nSPS) is 10.6. The molecule has 1 amide bonds. The molecule has 2 rings (SSSR count). The maximum atomic E-state index is 12.1. The second-order valence-electron chi connectivity index (χ2n) is 6.18. The van der Waals surface area contributed by atoms with Gasteiger partial charge < -0.3 is 14.2 Å². The van der Waals surface area contributed by atoms with Gasteiger partial charge in [0.25, 0.3) is 5.91 Å². The summed E-state index contributed by atoms with van der Waals surface area (Å²) in [5.41, 5.74) is 4.59.